The van der Waals surface area contributed by atoms with E-state index in [1.807, 2.05) is 4.90 Å². The first kappa shape index (κ1) is 20.2. The Bertz CT molecular complexity index is 686. The number of likely N-dealkylation sites (tertiary alicyclic amines) is 1. The summed E-state index contributed by atoms with van der Waals surface area (Å²) in [6.45, 7) is 6.49. The number of halogens is 2. The Balaban J connectivity index is 1.41. The second kappa shape index (κ2) is 9.08. The highest BCUT2D eigenvalue weighted by molar-refractivity contribution is 6.36. The summed E-state index contributed by atoms with van der Waals surface area (Å²) in [5.41, 5.74) is 0. The molecule has 1 N–H and O–H groups in total. The maximum Gasteiger partial charge on any atom is 0.234 e. The van der Waals surface area contributed by atoms with E-state index in [2.05, 4.69) is 20.1 Å². The summed E-state index contributed by atoms with van der Waals surface area (Å²) in [6, 6.07) is 1.86. The van der Waals surface area contributed by atoms with Gasteiger partial charge in [-0.15, -0.1) is 0 Å². The Labute approximate surface area is 169 Å². The van der Waals surface area contributed by atoms with Gasteiger partial charge in [0.05, 0.1) is 16.6 Å². The van der Waals surface area contributed by atoms with Crippen molar-refractivity contribution in [2.24, 2.45) is 0 Å². The van der Waals surface area contributed by atoms with Crippen LogP contribution in [-0.4, -0.2) is 78.5 Å². The number of anilines is 1. The van der Waals surface area contributed by atoms with E-state index in [1.54, 1.807) is 19.2 Å². The number of nitrogens with zero attached hydrogens (tertiary/aromatic N) is 4. The number of carbonyl (C=O) groups is 2. The highest BCUT2D eigenvalue weighted by Crippen LogP contribution is 2.26. The van der Waals surface area contributed by atoms with Gasteiger partial charge in [0.25, 0.3) is 0 Å². The average molecular weight is 414 g/mol. The van der Waals surface area contributed by atoms with Gasteiger partial charge >= 0.3 is 0 Å². The van der Waals surface area contributed by atoms with Crippen LogP contribution in [0.1, 0.15) is 19.8 Å². The molecular formula is C18H25Cl2N5O2. The Morgan fingerprint density at radius 2 is 1.81 bits per heavy atom. The standard InChI is InChI=1S/C18H25Cl2N5O2/c1-13(26)24-4-2-15(3-5-24)22-17(27)12-23-6-8-25(9-7-23)18-16(20)10-14(19)11-21-18/h10-11,15H,2-9,12H2,1H3,(H,22,27). The lowest BCUT2D eigenvalue weighted by Crippen LogP contribution is -2.52. The van der Waals surface area contributed by atoms with Gasteiger partial charge in [0.2, 0.25) is 11.8 Å². The average Bonchev–Trinajstić information content (AvgIpc) is 2.63. The molecular weight excluding hydrogens is 389 g/mol. The van der Waals surface area contributed by atoms with E-state index in [9.17, 15) is 9.59 Å². The molecule has 2 aliphatic rings. The first-order valence-corrected chi connectivity index (χ1v) is 10.0. The van der Waals surface area contributed by atoms with Crippen molar-refractivity contribution in [3.63, 3.8) is 0 Å². The predicted molar refractivity (Wildman–Crippen MR) is 106 cm³/mol. The van der Waals surface area contributed by atoms with Crippen LogP contribution in [0.25, 0.3) is 0 Å². The summed E-state index contributed by atoms with van der Waals surface area (Å²) in [4.78, 5) is 34.1. The predicted octanol–water partition coefficient (Wildman–Crippen LogP) is 1.64. The number of nitrogens with one attached hydrogen (secondary N) is 1. The van der Waals surface area contributed by atoms with Gasteiger partial charge in [-0.3, -0.25) is 14.5 Å². The quantitative estimate of drug-likeness (QED) is 0.812. The zero-order valence-corrected chi connectivity index (χ0v) is 17.0. The molecule has 0 unspecified atom stereocenters. The molecule has 0 radical (unpaired) electrons. The van der Waals surface area contributed by atoms with Crippen molar-refractivity contribution in [1.82, 2.24) is 20.1 Å². The number of piperidine rings is 1. The summed E-state index contributed by atoms with van der Waals surface area (Å²) in [5.74, 6) is 0.891. The Kier molecular flexibility index (Phi) is 6.78. The molecule has 0 atom stereocenters. The van der Waals surface area contributed by atoms with Gasteiger partial charge in [0.15, 0.2) is 0 Å². The van der Waals surface area contributed by atoms with Crippen LogP contribution in [0.2, 0.25) is 10.0 Å². The molecule has 2 fully saturated rings. The molecule has 2 amide bonds. The number of aromatic nitrogens is 1. The summed E-state index contributed by atoms with van der Waals surface area (Å²) < 4.78 is 0. The zero-order chi connectivity index (χ0) is 19.4. The molecule has 0 aliphatic carbocycles. The van der Waals surface area contributed by atoms with Crippen molar-refractivity contribution < 1.29 is 9.59 Å². The summed E-state index contributed by atoms with van der Waals surface area (Å²) in [6.07, 6.45) is 3.24. The van der Waals surface area contributed by atoms with E-state index in [0.717, 1.165) is 44.8 Å². The molecule has 0 spiro atoms. The van der Waals surface area contributed by atoms with Gasteiger partial charge in [-0.2, -0.15) is 0 Å². The van der Waals surface area contributed by atoms with Crippen molar-refractivity contribution in [3.8, 4) is 0 Å². The van der Waals surface area contributed by atoms with E-state index >= 15 is 0 Å². The molecule has 27 heavy (non-hydrogen) atoms. The van der Waals surface area contributed by atoms with Gasteiger partial charge in [-0.05, 0) is 18.9 Å². The fourth-order valence-electron chi connectivity index (χ4n) is 3.57. The highest BCUT2D eigenvalue weighted by Gasteiger charge is 2.24. The first-order valence-electron chi connectivity index (χ1n) is 9.25. The second-order valence-corrected chi connectivity index (χ2v) is 7.91. The smallest absolute Gasteiger partial charge is 0.234 e. The Morgan fingerprint density at radius 1 is 1.15 bits per heavy atom. The van der Waals surface area contributed by atoms with Crippen molar-refractivity contribution in [1.29, 1.82) is 0 Å². The van der Waals surface area contributed by atoms with Gasteiger partial charge in [-0.25, -0.2) is 4.98 Å². The summed E-state index contributed by atoms with van der Waals surface area (Å²) in [7, 11) is 0. The fraction of sp³-hybridized carbons (Fsp3) is 0.611. The summed E-state index contributed by atoms with van der Waals surface area (Å²) >= 11 is 12.1. The van der Waals surface area contributed by atoms with Crippen LogP contribution < -0.4 is 10.2 Å². The molecule has 9 heteroatoms. The van der Waals surface area contributed by atoms with E-state index in [1.165, 1.54) is 0 Å². The van der Waals surface area contributed by atoms with E-state index in [-0.39, 0.29) is 17.9 Å². The normalized spacial score (nSPS) is 19.2. The summed E-state index contributed by atoms with van der Waals surface area (Å²) in [5, 5.41) is 4.17. The minimum absolute atomic E-state index is 0.0485. The molecule has 148 valence electrons. The van der Waals surface area contributed by atoms with Gasteiger partial charge in [0.1, 0.15) is 5.82 Å². The number of hydrogen-bond acceptors (Lipinski definition) is 5. The largest absolute Gasteiger partial charge is 0.353 e. The van der Waals surface area contributed by atoms with Crippen LogP contribution in [0.3, 0.4) is 0 Å². The molecule has 0 bridgehead atoms. The van der Waals surface area contributed by atoms with E-state index < -0.39 is 0 Å². The monoisotopic (exact) mass is 413 g/mol. The van der Waals surface area contributed by atoms with Crippen molar-refractivity contribution in [2.75, 3.05) is 50.7 Å². The number of piperazine rings is 1. The minimum Gasteiger partial charge on any atom is -0.353 e. The first-order chi connectivity index (χ1) is 12.9. The van der Waals surface area contributed by atoms with Crippen LogP contribution in [0.4, 0.5) is 5.82 Å². The molecule has 7 nitrogen and oxygen atoms in total. The fourth-order valence-corrected chi connectivity index (χ4v) is 4.07. The molecule has 1 aromatic heterocycles. The number of rotatable bonds is 4. The molecule has 3 heterocycles. The van der Waals surface area contributed by atoms with Crippen molar-refractivity contribution in [3.05, 3.63) is 22.3 Å². The molecule has 0 saturated carbocycles. The number of hydrogen-bond donors (Lipinski definition) is 1. The van der Waals surface area contributed by atoms with Gasteiger partial charge in [0, 0.05) is 58.4 Å². The molecule has 2 aliphatic heterocycles. The SMILES string of the molecule is CC(=O)N1CCC(NC(=O)CN2CCN(c3ncc(Cl)cc3Cl)CC2)CC1. The van der Waals surface area contributed by atoms with Gasteiger partial charge < -0.3 is 15.1 Å². The minimum atomic E-state index is 0.0485. The highest BCUT2D eigenvalue weighted by atomic mass is 35.5. The lowest BCUT2D eigenvalue weighted by Gasteiger charge is -2.36. The molecule has 3 rings (SSSR count). The number of amides is 2. The number of carbonyl (C=O) groups excluding carboxylic acids is 2. The van der Waals surface area contributed by atoms with E-state index in [0.29, 0.717) is 29.7 Å². The van der Waals surface area contributed by atoms with E-state index in [4.69, 9.17) is 23.2 Å². The number of pyridine rings is 1. The van der Waals surface area contributed by atoms with Crippen LogP contribution in [0.15, 0.2) is 12.3 Å². The van der Waals surface area contributed by atoms with Gasteiger partial charge in [-0.1, -0.05) is 23.2 Å². The molecule has 0 aromatic carbocycles. The Morgan fingerprint density at radius 3 is 2.41 bits per heavy atom. The maximum atomic E-state index is 12.3. The van der Waals surface area contributed by atoms with Crippen molar-refractivity contribution >= 4 is 40.8 Å². The maximum absolute atomic E-state index is 12.3. The second-order valence-electron chi connectivity index (χ2n) is 7.07. The lowest BCUT2D eigenvalue weighted by molar-refractivity contribution is -0.130. The van der Waals surface area contributed by atoms with Crippen molar-refractivity contribution in [2.45, 2.75) is 25.8 Å². The zero-order valence-electron chi connectivity index (χ0n) is 15.5. The third-order valence-electron chi connectivity index (χ3n) is 5.13. The third-order valence-corrected chi connectivity index (χ3v) is 5.62. The molecule has 1 aromatic rings. The van der Waals surface area contributed by atoms with Crippen LogP contribution in [-0.2, 0) is 9.59 Å². The topological polar surface area (TPSA) is 68.8 Å². The lowest BCUT2D eigenvalue weighted by atomic mass is 10.1. The van der Waals surface area contributed by atoms with Crippen LogP contribution in [0.5, 0.6) is 0 Å². The van der Waals surface area contributed by atoms with Crippen LogP contribution in [0, 0.1) is 0 Å². The van der Waals surface area contributed by atoms with Crippen LogP contribution >= 0.6 is 23.2 Å². The molecule has 2 saturated heterocycles. The third kappa shape index (κ3) is 5.46. The Hall–Kier alpha value is -1.57.